The van der Waals surface area contributed by atoms with Gasteiger partial charge >= 0.3 is 12.0 Å². The Bertz CT molecular complexity index is 384. The van der Waals surface area contributed by atoms with Gasteiger partial charge in [0.15, 0.2) is 0 Å². The van der Waals surface area contributed by atoms with Crippen LogP contribution in [0.15, 0.2) is 0 Å². The fourth-order valence-corrected chi connectivity index (χ4v) is 3.14. The third-order valence-electron chi connectivity index (χ3n) is 4.35. The molecule has 0 radical (unpaired) electrons. The summed E-state index contributed by atoms with van der Waals surface area (Å²) in [6.45, 7) is 7.88. The third-order valence-corrected chi connectivity index (χ3v) is 4.35. The number of hydrogen-bond acceptors (Lipinski definition) is 3. The Morgan fingerprint density at radius 3 is 2.40 bits per heavy atom. The smallest absolute Gasteiger partial charge is 0.320 e. The van der Waals surface area contributed by atoms with Gasteiger partial charge in [-0.2, -0.15) is 0 Å². The molecule has 2 fully saturated rings. The van der Waals surface area contributed by atoms with Gasteiger partial charge in [0.05, 0.1) is 6.54 Å². The lowest BCUT2D eigenvalue weighted by Gasteiger charge is -2.36. The molecule has 6 nitrogen and oxygen atoms in total. The van der Waals surface area contributed by atoms with Gasteiger partial charge in [-0.3, -0.25) is 9.69 Å². The first kappa shape index (κ1) is 15.1. The van der Waals surface area contributed by atoms with Crippen LogP contribution in [0.25, 0.3) is 0 Å². The molecule has 2 heterocycles. The highest BCUT2D eigenvalue weighted by atomic mass is 16.4. The Kier molecular flexibility index (Phi) is 4.52. The third kappa shape index (κ3) is 3.42. The van der Waals surface area contributed by atoms with E-state index in [-0.39, 0.29) is 18.1 Å². The highest BCUT2D eigenvalue weighted by Crippen LogP contribution is 2.29. The molecule has 20 heavy (non-hydrogen) atoms. The van der Waals surface area contributed by atoms with Crippen LogP contribution in [0, 0.1) is 0 Å². The monoisotopic (exact) mass is 283 g/mol. The predicted molar refractivity (Wildman–Crippen MR) is 75.7 cm³/mol. The SMILES string of the molecule is CC1(C)CCCN1C(=O)N1CCCN(CC(=O)O)CC1. The molecular weight excluding hydrogens is 258 g/mol. The molecule has 0 aliphatic carbocycles. The van der Waals surface area contributed by atoms with Gasteiger partial charge in [-0.05, 0) is 33.1 Å². The van der Waals surface area contributed by atoms with Crippen molar-refractivity contribution in [2.24, 2.45) is 0 Å². The molecule has 2 rings (SSSR count). The number of rotatable bonds is 2. The maximum absolute atomic E-state index is 12.6. The number of nitrogens with zero attached hydrogens (tertiary/aromatic N) is 3. The first-order valence-electron chi connectivity index (χ1n) is 7.41. The van der Waals surface area contributed by atoms with E-state index in [1.807, 2.05) is 14.7 Å². The topological polar surface area (TPSA) is 64.1 Å². The summed E-state index contributed by atoms with van der Waals surface area (Å²) in [4.78, 5) is 29.1. The van der Waals surface area contributed by atoms with Crippen LogP contribution < -0.4 is 0 Å². The van der Waals surface area contributed by atoms with Crippen LogP contribution in [0.5, 0.6) is 0 Å². The first-order chi connectivity index (χ1) is 9.40. The van der Waals surface area contributed by atoms with Crippen molar-refractivity contribution < 1.29 is 14.7 Å². The van der Waals surface area contributed by atoms with Crippen molar-refractivity contribution in [1.82, 2.24) is 14.7 Å². The maximum Gasteiger partial charge on any atom is 0.320 e. The summed E-state index contributed by atoms with van der Waals surface area (Å²) in [5.74, 6) is -0.801. The molecule has 114 valence electrons. The van der Waals surface area contributed by atoms with Crippen LogP contribution in [0.4, 0.5) is 4.79 Å². The molecule has 0 unspecified atom stereocenters. The molecular formula is C14H25N3O3. The zero-order chi connectivity index (χ0) is 14.8. The number of hydrogen-bond donors (Lipinski definition) is 1. The molecule has 2 saturated heterocycles. The van der Waals surface area contributed by atoms with Gasteiger partial charge in [0, 0.05) is 38.3 Å². The normalized spacial score (nSPS) is 23.7. The summed E-state index contributed by atoms with van der Waals surface area (Å²) in [5.41, 5.74) is -0.0514. The second-order valence-corrected chi connectivity index (χ2v) is 6.36. The molecule has 0 bridgehead atoms. The summed E-state index contributed by atoms with van der Waals surface area (Å²) in [6, 6.07) is 0.115. The minimum Gasteiger partial charge on any atom is -0.480 e. The number of amides is 2. The summed E-state index contributed by atoms with van der Waals surface area (Å²) in [5, 5.41) is 8.84. The molecule has 6 heteroatoms. The Labute approximate surface area is 120 Å². The number of carboxylic acids is 1. The van der Waals surface area contributed by atoms with E-state index < -0.39 is 5.97 Å². The first-order valence-corrected chi connectivity index (χ1v) is 7.41. The largest absolute Gasteiger partial charge is 0.480 e. The van der Waals surface area contributed by atoms with E-state index in [9.17, 15) is 9.59 Å². The summed E-state index contributed by atoms with van der Waals surface area (Å²) >= 11 is 0. The van der Waals surface area contributed by atoms with Crippen molar-refractivity contribution in [3.05, 3.63) is 0 Å². The number of aliphatic carboxylic acids is 1. The van der Waals surface area contributed by atoms with Crippen LogP contribution in [0.3, 0.4) is 0 Å². The van der Waals surface area contributed by atoms with Crippen LogP contribution in [0.1, 0.15) is 33.1 Å². The molecule has 0 aromatic heterocycles. The summed E-state index contributed by atoms with van der Waals surface area (Å²) in [7, 11) is 0. The van der Waals surface area contributed by atoms with Gasteiger partial charge < -0.3 is 14.9 Å². The van der Waals surface area contributed by atoms with Crippen LogP contribution in [0.2, 0.25) is 0 Å². The van der Waals surface area contributed by atoms with Crippen molar-refractivity contribution in [2.45, 2.75) is 38.6 Å². The van der Waals surface area contributed by atoms with Crippen molar-refractivity contribution >= 4 is 12.0 Å². The van der Waals surface area contributed by atoms with Gasteiger partial charge in [0.2, 0.25) is 0 Å². The van der Waals surface area contributed by atoms with E-state index in [1.165, 1.54) is 0 Å². The van der Waals surface area contributed by atoms with Gasteiger partial charge in [0.1, 0.15) is 0 Å². The van der Waals surface area contributed by atoms with Crippen molar-refractivity contribution in [2.75, 3.05) is 39.3 Å². The maximum atomic E-state index is 12.6. The van der Waals surface area contributed by atoms with Gasteiger partial charge in [-0.15, -0.1) is 0 Å². The highest BCUT2D eigenvalue weighted by molar-refractivity contribution is 5.75. The Morgan fingerprint density at radius 2 is 1.80 bits per heavy atom. The predicted octanol–water partition coefficient (Wildman–Crippen LogP) is 1.07. The van der Waals surface area contributed by atoms with E-state index in [0.717, 1.165) is 38.9 Å². The van der Waals surface area contributed by atoms with E-state index in [2.05, 4.69) is 13.8 Å². The number of likely N-dealkylation sites (tertiary alicyclic amines) is 1. The molecule has 0 aromatic carbocycles. The van der Waals surface area contributed by atoms with Crippen LogP contribution in [-0.4, -0.2) is 76.6 Å². The van der Waals surface area contributed by atoms with Gasteiger partial charge in [0.25, 0.3) is 0 Å². The average Bonchev–Trinajstić information content (AvgIpc) is 2.58. The highest BCUT2D eigenvalue weighted by Gasteiger charge is 2.37. The lowest BCUT2D eigenvalue weighted by molar-refractivity contribution is -0.138. The number of carbonyl (C=O) groups excluding carboxylic acids is 1. The number of urea groups is 1. The van der Waals surface area contributed by atoms with Crippen LogP contribution >= 0.6 is 0 Å². The Morgan fingerprint density at radius 1 is 1.05 bits per heavy atom. The minimum absolute atomic E-state index is 0.0514. The fourth-order valence-electron chi connectivity index (χ4n) is 3.14. The number of carbonyl (C=O) groups is 2. The lowest BCUT2D eigenvalue weighted by Crippen LogP contribution is -2.50. The zero-order valence-electron chi connectivity index (χ0n) is 12.5. The average molecular weight is 283 g/mol. The molecule has 2 aliphatic rings. The minimum atomic E-state index is -0.801. The Hall–Kier alpha value is -1.30. The molecule has 1 N–H and O–H groups in total. The van der Waals surface area contributed by atoms with E-state index >= 15 is 0 Å². The molecule has 0 spiro atoms. The van der Waals surface area contributed by atoms with E-state index in [4.69, 9.17) is 5.11 Å². The molecule has 0 atom stereocenters. The second kappa shape index (κ2) is 5.99. The van der Waals surface area contributed by atoms with E-state index in [1.54, 1.807) is 0 Å². The second-order valence-electron chi connectivity index (χ2n) is 6.36. The lowest BCUT2D eigenvalue weighted by atomic mass is 10.0. The number of carboxylic acid groups (broad SMARTS) is 1. The van der Waals surface area contributed by atoms with Gasteiger partial charge in [-0.1, -0.05) is 0 Å². The Balaban J connectivity index is 1.93. The summed E-state index contributed by atoms with van der Waals surface area (Å²) < 4.78 is 0. The van der Waals surface area contributed by atoms with Gasteiger partial charge in [-0.25, -0.2) is 4.79 Å². The summed E-state index contributed by atoms with van der Waals surface area (Å²) in [6.07, 6.45) is 2.96. The van der Waals surface area contributed by atoms with Crippen molar-refractivity contribution in [3.63, 3.8) is 0 Å². The standard InChI is InChI=1S/C14H25N3O3/c1-14(2)5-3-8-17(14)13(20)16-7-4-6-15(9-10-16)11-12(18)19/h3-11H2,1-2H3,(H,18,19). The zero-order valence-corrected chi connectivity index (χ0v) is 12.5. The molecule has 0 aromatic rings. The van der Waals surface area contributed by atoms with E-state index in [0.29, 0.717) is 13.1 Å². The fraction of sp³-hybridized carbons (Fsp3) is 0.857. The van der Waals surface area contributed by atoms with Crippen molar-refractivity contribution in [1.29, 1.82) is 0 Å². The molecule has 2 amide bonds. The van der Waals surface area contributed by atoms with Crippen molar-refractivity contribution in [3.8, 4) is 0 Å². The molecule has 0 saturated carbocycles. The van der Waals surface area contributed by atoms with Crippen LogP contribution in [-0.2, 0) is 4.79 Å². The molecule has 2 aliphatic heterocycles. The quantitative estimate of drug-likeness (QED) is 0.823.